The monoisotopic (exact) mass is 345 g/mol. The van der Waals surface area contributed by atoms with Crippen LogP contribution in [0.15, 0.2) is 54.6 Å². The maximum Gasteiger partial charge on any atom is 0.240 e. The maximum atomic E-state index is 12.8. The minimum atomic E-state index is -0.246. The Labute approximate surface area is 154 Å². The topological polar surface area (TPSA) is 56.1 Å². The minimum absolute atomic E-state index is 0.0933. The van der Waals surface area contributed by atoms with Gasteiger partial charge in [-0.25, -0.2) is 0 Å². The summed E-state index contributed by atoms with van der Waals surface area (Å²) in [5.41, 5.74) is 3.69. The molecule has 132 valence electrons. The highest BCUT2D eigenvalue weighted by Crippen LogP contribution is 2.31. The first-order valence-electron chi connectivity index (χ1n) is 9.35. The van der Waals surface area contributed by atoms with Crippen LogP contribution >= 0.6 is 0 Å². The Hall–Kier alpha value is -2.64. The van der Waals surface area contributed by atoms with Gasteiger partial charge < -0.3 is 10.2 Å². The van der Waals surface area contributed by atoms with Gasteiger partial charge in [0.1, 0.15) is 6.04 Å². The van der Waals surface area contributed by atoms with Crippen LogP contribution in [-0.4, -0.2) is 36.0 Å². The summed E-state index contributed by atoms with van der Waals surface area (Å²) in [5.74, 6) is 0.423. The molecular weight excluding hydrogens is 322 g/mol. The summed E-state index contributed by atoms with van der Waals surface area (Å²) in [4.78, 5) is 14.6. The van der Waals surface area contributed by atoms with Gasteiger partial charge in [-0.3, -0.25) is 4.79 Å². The molecule has 2 saturated heterocycles. The second kappa shape index (κ2) is 7.31. The molecule has 0 radical (unpaired) electrons. The molecule has 3 atom stereocenters. The number of nitrogens with zero attached hydrogens (tertiary/aromatic N) is 2. The fourth-order valence-corrected chi connectivity index (χ4v) is 4.15. The molecule has 2 aromatic carbocycles. The molecule has 1 N–H and O–H groups in total. The van der Waals surface area contributed by atoms with Gasteiger partial charge in [-0.2, -0.15) is 5.26 Å². The van der Waals surface area contributed by atoms with E-state index in [2.05, 4.69) is 59.9 Å². The van der Waals surface area contributed by atoms with Crippen molar-refractivity contribution >= 4 is 5.91 Å². The van der Waals surface area contributed by atoms with E-state index in [0.29, 0.717) is 12.5 Å². The van der Waals surface area contributed by atoms with Crippen molar-refractivity contribution in [1.29, 1.82) is 5.26 Å². The van der Waals surface area contributed by atoms with Gasteiger partial charge in [0.15, 0.2) is 0 Å². The van der Waals surface area contributed by atoms with Crippen molar-refractivity contribution in [2.75, 3.05) is 13.1 Å². The van der Waals surface area contributed by atoms with Crippen LogP contribution in [0, 0.1) is 11.3 Å². The molecule has 26 heavy (non-hydrogen) atoms. The van der Waals surface area contributed by atoms with E-state index in [1.165, 1.54) is 16.7 Å². The van der Waals surface area contributed by atoms with E-state index >= 15 is 0 Å². The van der Waals surface area contributed by atoms with E-state index in [1.54, 1.807) is 4.90 Å². The van der Waals surface area contributed by atoms with Crippen molar-refractivity contribution in [2.45, 2.75) is 37.3 Å². The van der Waals surface area contributed by atoms with Gasteiger partial charge in [0.05, 0.1) is 12.1 Å². The summed E-state index contributed by atoms with van der Waals surface area (Å²) in [5, 5.41) is 12.6. The number of nitrogens with one attached hydrogen (secondary N) is 1. The summed E-state index contributed by atoms with van der Waals surface area (Å²) in [7, 11) is 0. The number of rotatable bonds is 3. The largest absolute Gasteiger partial charge is 0.325 e. The lowest BCUT2D eigenvalue weighted by molar-refractivity contribution is -0.133. The Morgan fingerprint density at radius 3 is 2.73 bits per heavy atom. The molecule has 0 saturated carbocycles. The first-order valence-corrected chi connectivity index (χ1v) is 9.35. The number of hydrogen-bond donors (Lipinski definition) is 1. The Bertz CT molecular complexity index is 827. The van der Waals surface area contributed by atoms with Crippen LogP contribution in [0.3, 0.4) is 0 Å². The van der Waals surface area contributed by atoms with Gasteiger partial charge in [0.25, 0.3) is 0 Å². The molecule has 2 aliphatic rings. The molecule has 0 aliphatic carbocycles. The van der Waals surface area contributed by atoms with Crippen LogP contribution in [0.1, 0.15) is 30.7 Å². The van der Waals surface area contributed by atoms with Crippen molar-refractivity contribution in [3.8, 4) is 17.2 Å². The Kier molecular flexibility index (Phi) is 4.73. The molecule has 4 rings (SSSR count). The molecule has 0 spiro atoms. The first kappa shape index (κ1) is 16.8. The molecule has 2 fully saturated rings. The van der Waals surface area contributed by atoms with E-state index in [0.717, 1.165) is 25.8 Å². The van der Waals surface area contributed by atoms with Crippen molar-refractivity contribution in [2.24, 2.45) is 0 Å². The lowest BCUT2D eigenvalue weighted by Crippen LogP contribution is -2.45. The van der Waals surface area contributed by atoms with Crippen LogP contribution in [-0.2, 0) is 4.79 Å². The first-order chi connectivity index (χ1) is 12.8. The molecule has 2 aliphatic heterocycles. The van der Waals surface area contributed by atoms with Crippen LogP contribution in [0.25, 0.3) is 11.1 Å². The normalized spacial score (nSPS) is 25.2. The van der Waals surface area contributed by atoms with Crippen LogP contribution in [0.5, 0.6) is 0 Å². The fourth-order valence-electron chi connectivity index (χ4n) is 4.15. The van der Waals surface area contributed by atoms with Crippen molar-refractivity contribution in [3.05, 3.63) is 60.2 Å². The Morgan fingerprint density at radius 1 is 1.12 bits per heavy atom. The van der Waals surface area contributed by atoms with E-state index in [1.807, 2.05) is 6.07 Å². The summed E-state index contributed by atoms with van der Waals surface area (Å²) >= 11 is 0. The van der Waals surface area contributed by atoms with Crippen LogP contribution < -0.4 is 5.32 Å². The zero-order valence-corrected chi connectivity index (χ0v) is 14.8. The summed E-state index contributed by atoms with van der Waals surface area (Å²) in [6.07, 6.45) is 2.53. The molecule has 0 bridgehead atoms. The lowest BCUT2D eigenvalue weighted by atomic mass is 9.93. The van der Waals surface area contributed by atoms with Crippen LogP contribution in [0.4, 0.5) is 0 Å². The third-order valence-electron chi connectivity index (χ3n) is 5.58. The number of hydrogen-bond acceptors (Lipinski definition) is 3. The molecule has 0 aromatic heterocycles. The number of nitriles is 1. The highest BCUT2D eigenvalue weighted by atomic mass is 16.2. The summed E-state index contributed by atoms with van der Waals surface area (Å²) in [6.45, 7) is 1.52. The van der Waals surface area contributed by atoms with Gasteiger partial charge >= 0.3 is 0 Å². The number of carbonyl (C=O) groups is 1. The SMILES string of the molecule is N#C[C@@H]1CCCN1C(=O)[C@@H]1C[C@H](c2cccc(-c3ccccc3)c2)CN1. The van der Waals surface area contributed by atoms with Crippen molar-refractivity contribution in [3.63, 3.8) is 0 Å². The molecule has 4 heteroatoms. The zero-order valence-electron chi connectivity index (χ0n) is 14.8. The van der Waals surface area contributed by atoms with Crippen molar-refractivity contribution in [1.82, 2.24) is 10.2 Å². The molecule has 1 amide bonds. The third-order valence-corrected chi connectivity index (χ3v) is 5.58. The summed E-state index contributed by atoms with van der Waals surface area (Å²) < 4.78 is 0. The Balaban J connectivity index is 1.47. The minimum Gasteiger partial charge on any atom is -0.325 e. The van der Waals surface area contributed by atoms with E-state index < -0.39 is 0 Å². The van der Waals surface area contributed by atoms with Gasteiger partial charge in [-0.15, -0.1) is 0 Å². The quantitative estimate of drug-likeness (QED) is 0.928. The second-order valence-electron chi connectivity index (χ2n) is 7.20. The van der Waals surface area contributed by atoms with Gasteiger partial charge in [0.2, 0.25) is 5.91 Å². The molecule has 4 nitrogen and oxygen atoms in total. The predicted octanol–water partition coefficient (Wildman–Crippen LogP) is 3.31. The standard InChI is InChI=1S/C22H23N3O/c23-14-20-10-5-11-25(20)22(26)21-13-19(15-24-21)18-9-4-8-17(12-18)16-6-2-1-3-7-16/h1-4,6-9,12,19-21,24H,5,10-11,13,15H2/t19-,20-,21-/m0/s1. The number of amides is 1. The van der Waals surface area contributed by atoms with Gasteiger partial charge in [-0.1, -0.05) is 54.6 Å². The smallest absolute Gasteiger partial charge is 0.240 e. The second-order valence-corrected chi connectivity index (χ2v) is 7.20. The average molecular weight is 345 g/mol. The maximum absolute atomic E-state index is 12.8. The zero-order chi connectivity index (χ0) is 17.9. The van der Waals surface area contributed by atoms with Gasteiger partial charge in [-0.05, 0) is 41.9 Å². The molecule has 2 heterocycles. The lowest BCUT2D eigenvalue weighted by Gasteiger charge is -2.23. The van der Waals surface area contributed by atoms with E-state index in [4.69, 9.17) is 0 Å². The van der Waals surface area contributed by atoms with Crippen molar-refractivity contribution < 1.29 is 4.79 Å². The molecular formula is C22H23N3O. The molecule has 2 aromatic rings. The highest BCUT2D eigenvalue weighted by molar-refractivity contribution is 5.83. The van der Waals surface area contributed by atoms with E-state index in [-0.39, 0.29) is 18.0 Å². The number of benzene rings is 2. The van der Waals surface area contributed by atoms with E-state index in [9.17, 15) is 10.1 Å². The summed E-state index contributed by atoms with van der Waals surface area (Å²) in [6, 6.07) is 20.8. The van der Waals surface area contributed by atoms with Crippen LogP contribution in [0.2, 0.25) is 0 Å². The predicted molar refractivity (Wildman–Crippen MR) is 101 cm³/mol. The van der Waals surface area contributed by atoms with Gasteiger partial charge in [0, 0.05) is 13.1 Å². The molecule has 0 unspecified atom stereocenters. The number of carbonyl (C=O) groups excluding carboxylic acids is 1. The fraction of sp³-hybridized carbons (Fsp3) is 0.364. The highest BCUT2D eigenvalue weighted by Gasteiger charge is 2.37. The Morgan fingerprint density at radius 2 is 1.92 bits per heavy atom. The third kappa shape index (κ3) is 3.23. The average Bonchev–Trinajstić information content (AvgIpc) is 3.38. The number of likely N-dealkylation sites (tertiary alicyclic amines) is 1.